The molecule has 0 aliphatic rings. The molecule has 2 amide bonds. The highest BCUT2D eigenvalue weighted by Crippen LogP contribution is 2.18. The van der Waals surface area contributed by atoms with E-state index in [1.165, 1.54) is 22.7 Å². The summed E-state index contributed by atoms with van der Waals surface area (Å²) < 4.78 is 30.2. The summed E-state index contributed by atoms with van der Waals surface area (Å²) in [6, 6.07) is 6.73. The van der Waals surface area contributed by atoms with Crippen LogP contribution in [0.2, 0.25) is 0 Å². The fourth-order valence-electron chi connectivity index (χ4n) is 2.17. The van der Waals surface area contributed by atoms with E-state index in [-0.39, 0.29) is 11.8 Å². The van der Waals surface area contributed by atoms with Gasteiger partial charge in [0, 0.05) is 37.3 Å². The molecule has 0 spiro atoms. The van der Waals surface area contributed by atoms with Crippen LogP contribution in [0.1, 0.15) is 19.0 Å². The van der Waals surface area contributed by atoms with Gasteiger partial charge in [-0.05, 0) is 25.5 Å². The molecule has 0 atom stereocenters. The Morgan fingerprint density at radius 1 is 1.37 bits per heavy atom. The lowest BCUT2D eigenvalue weighted by Gasteiger charge is -2.16. The lowest BCUT2D eigenvalue weighted by Crippen LogP contribution is -2.34. The summed E-state index contributed by atoms with van der Waals surface area (Å²) in [4.78, 5) is 16.1. The van der Waals surface area contributed by atoms with Crippen molar-refractivity contribution in [3.8, 4) is 5.75 Å². The van der Waals surface area contributed by atoms with Crippen molar-refractivity contribution in [1.82, 2.24) is 14.6 Å². The number of thiazole rings is 1. The first-order chi connectivity index (χ1) is 12.9. The number of nitrogens with zero attached hydrogens (tertiary/aromatic N) is 2. The number of anilines is 1. The number of carbonyl (C=O) groups excluding carboxylic acids is 1. The van der Waals surface area contributed by atoms with Crippen molar-refractivity contribution in [2.45, 2.75) is 20.0 Å². The zero-order chi connectivity index (χ0) is 19.7. The zero-order valence-corrected chi connectivity index (χ0v) is 17.0. The number of aromatic nitrogens is 1. The largest absolute Gasteiger partial charge is 0.487 e. The van der Waals surface area contributed by atoms with E-state index in [9.17, 15) is 13.2 Å². The van der Waals surface area contributed by atoms with E-state index >= 15 is 0 Å². The van der Waals surface area contributed by atoms with Crippen LogP contribution in [0.25, 0.3) is 0 Å². The molecule has 0 aliphatic carbocycles. The van der Waals surface area contributed by atoms with Gasteiger partial charge in [-0.15, -0.1) is 11.3 Å². The SMILES string of the molecule is CCS(=O)(=O)N(C)CCCNC(=O)Nc1cccc(OCc2cscn2)c1. The van der Waals surface area contributed by atoms with Crippen LogP contribution in [-0.2, 0) is 16.6 Å². The van der Waals surface area contributed by atoms with Crippen molar-refractivity contribution in [3.63, 3.8) is 0 Å². The van der Waals surface area contributed by atoms with Crippen LogP contribution in [0.3, 0.4) is 0 Å². The molecule has 8 nitrogen and oxygen atoms in total. The molecule has 0 bridgehead atoms. The van der Waals surface area contributed by atoms with Crippen molar-refractivity contribution in [2.24, 2.45) is 0 Å². The Bertz CT molecular complexity index is 825. The molecule has 0 radical (unpaired) electrons. The highest BCUT2D eigenvalue weighted by molar-refractivity contribution is 7.89. The van der Waals surface area contributed by atoms with Crippen LogP contribution in [0.5, 0.6) is 5.75 Å². The molecule has 0 aliphatic heterocycles. The molecule has 0 unspecified atom stereocenters. The van der Waals surface area contributed by atoms with Gasteiger partial charge in [0.25, 0.3) is 0 Å². The number of ether oxygens (including phenoxy) is 1. The van der Waals surface area contributed by atoms with Gasteiger partial charge in [0.2, 0.25) is 10.0 Å². The smallest absolute Gasteiger partial charge is 0.319 e. The number of rotatable bonds is 10. The van der Waals surface area contributed by atoms with E-state index < -0.39 is 10.0 Å². The van der Waals surface area contributed by atoms with E-state index in [1.807, 2.05) is 5.38 Å². The molecule has 2 N–H and O–H groups in total. The maximum absolute atomic E-state index is 12.0. The Morgan fingerprint density at radius 2 is 2.19 bits per heavy atom. The quantitative estimate of drug-likeness (QED) is 0.584. The topological polar surface area (TPSA) is 101 Å². The zero-order valence-electron chi connectivity index (χ0n) is 15.3. The average Bonchev–Trinajstić information content (AvgIpc) is 3.17. The molecular formula is C17H24N4O4S2. The van der Waals surface area contributed by atoms with E-state index in [0.717, 1.165) is 5.69 Å². The van der Waals surface area contributed by atoms with Gasteiger partial charge >= 0.3 is 6.03 Å². The van der Waals surface area contributed by atoms with Gasteiger partial charge in [-0.2, -0.15) is 0 Å². The number of urea groups is 1. The maximum atomic E-state index is 12.0. The summed E-state index contributed by atoms with van der Waals surface area (Å²) in [6.45, 7) is 2.70. The second-order valence-electron chi connectivity index (χ2n) is 5.75. The third kappa shape index (κ3) is 7.16. The summed E-state index contributed by atoms with van der Waals surface area (Å²) in [5, 5.41) is 7.35. The van der Waals surface area contributed by atoms with Gasteiger partial charge in [0.15, 0.2) is 0 Å². The van der Waals surface area contributed by atoms with E-state index in [1.54, 1.807) is 36.7 Å². The molecule has 27 heavy (non-hydrogen) atoms. The molecule has 0 saturated heterocycles. The van der Waals surface area contributed by atoms with Crippen LogP contribution >= 0.6 is 11.3 Å². The Kier molecular flexibility index (Phi) is 8.01. The Labute approximate surface area is 163 Å². The molecule has 2 rings (SSSR count). The van der Waals surface area contributed by atoms with E-state index in [4.69, 9.17) is 4.74 Å². The first-order valence-electron chi connectivity index (χ1n) is 8.49. The fourth-order valence-corrected chi connectivity index (χ4v) is 3.56. The number of sulfonamides is 1. The highest BCUT2D eigenvalue weighted by Gasteiger charge is 2.14. The number of hydrogen-bond acceptors (Lipinski definition) is 6. The van der Waals surface area contributed by atoms with Gasteiger partial charge in [-0.25, -0.2) is 22.5 Å². The van der Waals surface area contributed by atoms with Crippen molar-refractivity contribution in [1.29, 1.82) is 0 Å². The summed E-state index contributed by atoms with van der Waals surface area (Å²) in [5.41, 5.74) is 3.20. The number of nitrogens with one attached hydrogen (secondary N) is 2. The molecule has 1 heterocycles. The van der Waals surface area contributed by atoms with Gasteiger partial charge in [0.1, 0.15) is 12.4 Å². The van der Waals surface area contributed by atoms with Gasteiger partial charge < -0.3 is 15.4 Å². The minimum atomic E-state index is -3.19. The van der Waals surface area contributed by atoms with E-state index in [2.05, 4.69) is 15.6 Å². The van der Waals surface area contributed by atoms with Crippen molar-refractivity contribution >= 4 is 33.1 Å². The molecule has 148 valence electrons. The van der Waals surface area contributed by atoms with Crippen LogP contribution in [0, 0.1) is 0 Å². The summed E-state index contributed by atoms with van der Waals surface area (Å²) in [5.74, 6) is 0.699. The predicted octanol–water partition coefficient (Wildman–Crippen LogP) is 2.52. The first kappa shape index (κ1) is 21.1. The van der Waals surface area contributed by atoms with Gasteiger partial charge in [-0.1, -0.05) is 6.07 Å². The minimum absolute atomic E-state index is 0.0678. The third-order valence-corrected chi connectivity index (χ3v) is 6.23. The molecule has 1 aromatic carbocycles. The van der Waals surface area contributed by atoms with Crippen molar-refractivity contribution < 1.29 is 17.9 Å². The Morgan fingerprint density at radius 3 is 2.89 bits per heavy atom. The molecule has 0 saturated carbocycles. The van der Waals surface area contributed by atoms with Crippen molar-refractivity contribution in [2.75, 3.05) is 31.2 Å². The Hall–Kier alpha value is -2.17. The van der Waals surface area contributed by atoms with Gasteiger partial charge in [0.05, 0.1) is 17.0 Å². The summed E-state index contributed by atoms with van der Waals surface area (Å²) >= 11 is 1.51. The first-order valence-corrected chi connectivity index (χ1v) is 11.0. The monoisotopic (exact) mass is 412 g/mol. The van der Waals surface area contributed by atoms with Crippen LogP contribution in [0.15, 0.2) is 35.2 Å². The van der Waals surface area contributed by atoms with Gasteiger partial charge in [-0.3, -0.25) is 0 Å². The lowest BCUT2D eigenvalue weighted by atomic mass is 10.3. The normalized spacial score (nSPS) is 11.4. The molecular weight excluding hydrogens is 388 g/mol. The third-order valence-electron chi connectivity index (χ3n) is 3.74. The Balaban J connectivity index is 1.73. The number of benzene rings is 1. The van der Waals surface area contributed by atoms with E-state index in [0.29, 0.717) is 37.6 Å². The van der Waals surface area contributed by atoms with Crippen LogP contribution in [-0.4, -0.2) is 49.6 Å². The minimum Gasteiger partial charge on any atom is -0.487 e. The second-order valence-corrected chi connectivity index (χ2v) is 8.84. The highest BCUT2D eigenvalue weighted by atomic mass is 32.2. The number of hydrogen-bond donors (Lipinski definition) is 2. The lowest BCUT2D eigenvalue weighted by molar-refractivity contribution is 0.251. The molecule has 0 fully saturated rings. The molecule has 2 aromatic rings. The fraction of sp³-hybridized carbons (Fsp3) is 0.412. The molecule has 10 heteroatoms. The standard InChI is InChI=1S/C17H24N4O4S2/c1-3-27(23,24)21(2)9-5-8-18-17(22)20-14-6-4-7-16(10-14)25-11-15-12-26-13-19-15/h4,6-7,10,12-13H,3,5,8-9,11H2,1-2H3,(H2,18,20,22). The number of amides is 2. The van der Waals surface area contributed by atoms with Crippen LogP contribution < -0.4 is 15.4 Å². The second kappa shape index (κ2) is 10.2. The maximum Gasteiger partial charge on any atom is 0.319 e. The summed E-state index contributed by atoms with van der Waals surface area (Å²) in [7, 11) is -1.65. The van der Waals surface area contributed by atoms with Crippen LogP contribution in [0.4, 0.5) is 10.5 Å². The van der Waals surface area contributed by atoms with Crippen molar-refractivity contribution in [3.05, 3.63) is 40.8 Å². The number of carbonyl (C=O) groups is 1. The molecule has 1 aromatic heterocycles. The average molecular weight is 413 g/mol. The summed E-state index contributed by atoms with van der Waals surface area (Å²) in [6.07, 6.45) is 0.528. The predicted molar refractivity (Wildman–Crippen MR) is 107 cm³/mol.